The lowest BCUT2D eigenvalue weighted by atomic mass is 10.2. The van der Waals surface area contributed by atoms with E-state index in [1.54, 1.807) is 13.0 Å². The first-order chi connectivity index (χ1) is 12.7. The van der Waals surface area contributed by atoms with E-state index in [1.165, 1.54) is 36.4 Å². The summed E-state index contributed by atoms with van der Waals surface area (Å²) in [5.74, 6) is -2.66. The zero-order chi connectivity index (χ0) is 20.0. The van der Waals surface area contributed by atoms with Crippen LogP contribution in [0.5, 0.6) is 0 Å². The fourth-order valence-corrected chi connectivity index (χ4v) is 3.45. The van der Waals surface area contributed by atoms with Crippen LogP contribution < -0.4 is 5.32 Å². The summed E-state index contributed by atoms with van der Waals surface area (Å²) in [4.78, 5) is 23.4. The maximum absolute atomic E-state index is 13.7. The molecular weight excluding hydrogens is 397 g/mol. The number of carbonyl (C=O) groups is 2. The van der Waals surface area contributed by atoms with E-state index < -0.39 is 46.3 Å². The normalized spacial score (nSPS) is 11.1. The first kappa shape index (κ1) is 20.9. The third kappa shape index (κ3) is 6.33. The first-order valence-electron chi connectivity index (χ1n) is 7.87. The van der Waals surface area contributed by atoms with Crippen LogP contribution in [0, 0.1) is 12.7 Å². The molecule has 2 aromatic rings. The number of benzene rings is 2. The van der Waals surface area contributed by atoms with Gasteiger partial charge in [-0.15, -0.1) is 0 Å². The van der Waals surface area contributed by atoms with Gasteiger partial charge in [0.25, 0.3) is 5.91 Å². The molecule has 0 radical (unpaired) electrons. The van der Waals surface area contributed by atoms with Crippen LogP contribution in [-0.2, 0) is 24.2 Å². The summed E-state index contributed by atoms with van der Waals surface area (Å²) in [7, 11) is -3.68. The van der Waals surface area contributed by atoms with Gasteiger partial charge in [-0.2, -0.15) is 0 Å². The predicted molar refractivity (Wildman–Crippen MR) is 98.8 cm³/mol. The van der Waals surface area contributed by atoms with Crippen molar-refractivity contribution in [3.8, 4) is 0 Å². The molecule has 0 saturated carbocycles. The van der Waals surface area contributed by atoms with E-state index in [0.29, 0.717) is 10.6 Å². The Labute approximate surface area is 161 Å². The maximum Gasteiger partial charge on any atom is 0.307 e. The lowest BCUT2D eigenvalue weighted by molar-refractivity contribution is -0.146. The summed E-state index contributed by atoms with van der Waals surface area (Å²) < 4.78 is 42.6. The number of anilines is 1. The Morgan fingerprint density at radius 3 is 2.44 bits per heavy atom. The van der Waals surface area contributed by atoms with Gasteiger partial charge in [0.05, 0.1) is 22.8 Å². The standard InChI is InChI=1S/C18H17ClFNO5S/c1-12-2-7-16(15(20)10-12)21-17(22)11-26-18(23)8-9-27(24,25)14-5-3-13(19)4-6-14/h2-7,10H,8-9,11H2,1H3,(H,21,22). The van der Waals surface area contributed by atoms with Gasteiger partial charge in [0.15, 0.2) is 16.4 Å². The number of ether oxygens (including phenoxy) is 1. The molecular formula is C18H17ClFNO5S. The highest BCUT2D eigenvalue weighted by atomic mass is 35.5. The zero-order valence-corrected chi connectivity index (χ0v) is 15.9. The lowest BCUT2D eigenvalue weighted by Crippen LogP contribution is -2.22. The van der Waals surface area contributed by atoms with Crippen LogP contribution >= 0.6 is 11.6 Å². The molecule has 9 heteroatoms. The molecule has 0 saturated heterocycles. The molecule has 0 aliphatic heterocycles. The number of esters is 1. The van der Waals surface area contributed by atoms with Gasteiger partial charge in [0.2, 0.25) is 0 Å². The van der Waals surface area contributed by atoms with Gasteiger partial charge in [0.1, 0.15) is 5.82 Å². The fourth-order valence-electron chi connectivity index (χ4n) is 2.10. The van der Waals surface area contributed by atoms with Crippen LogP contribution in [0.3, 0.4) is 0 Å². The van der Waals surface area contributed by atoms with Crippen LogP contribution in [0.2, 0.25) is 5.02 Å². The molecule has 1 amide bonds. The summed E-state index contributed by atoms with van der Waals surface area (Å²) in [5.41, 5.74) is 0.658. The SMILES string of the molecule is Cc1ccc(NC(=O)COC(=O)CCS(=O)(=O)c2ccc(Cl)cc2)c(F)c1. The molecule has 0 fully saturated rings. The molecule has 2 rings (SSSR count). The minimum atomic E-state index is -3.68. The van der Waals surface area contributed by atoms with Crippen LogP contribution in [0.15, 0.2) is 47.4 Å². The number of amides is 1. The van der Waals surface area contributed by atoms with Crippen molar-refractivity contribution in [2.75, 3.05) is 17.7 Å². The predicted octanol–water partition coefficient (Wildman–Crippen LogP) is 3.13. The minimum absolute atomic E-state index is 0.0345. The van der Waals surface area contributed by atoms with E-state index in [2.05, 4.69) is 5.32 Å². The molecule has 2 aromatic carbocycles. The Morgan fingerprint density at radius 2 is 1.81 bits per heavy atom. The van der Waals surface area contributed by atoms with E-state index in [4.69, 9.17) is 16.3 Å². The molecule has 0 atom stereocenters. The largest absolute Gasteiger partial charge is 0.456 e. The second-order valence-corrected chi connectivity index (χ2v) is 8.26. The molecule has 0 bridgehead atoms. The second-order valence-electron chi connectivity index (χ2n) is 5.71. The third-order valence-electron chi connectivity index (χ3n) is 3.51. The molecule has 1 N–H and O–H groups in total. The van der Waals surface area contributed by atoms with Gasteiger partial charge in [0, 0.05) is 5.02 Å². The molecule has 0 spiro atoms. The molecule has 0 aliphatic carbocycles. The Balaban J connectivity index is 1.81. The van der Waals surface area contributed by atoms with Gasteiger partial charge in [-0.05, 0) is 48.9 Å². The second kappa shape index (κ2) is 8.96. The smallest absolute Gasteiger partial charge is 0.307 e. The highest BCUT2D eigenvalue weighted by Gasteiger charge is 2.18. The van der Waals surface area contributed by atoms with E-state index in [-0.39, 0.29) is 10.6 Å². The summed E-state index contributed by atoms with van der Waals surface area (Å²) in [6.07, 6.45) is -0.420. The van der Waals surface area contributed by atoms with Crippen molar-refractivity contribution in [2.45, 2.75) is 18.2 Å². The summed E-state index contributed by atoms with van der Waals surface area (Å²) in [6.45, 7) is 1.06. The van der Waals surface area contributed by atoms with E-state index >= 15 is 0 Å². The lowest BCUT2D eigenvalue weighted by Gasteiger charge is -2.08. The van der Waals surface area contributed by atoms with Gasteiger partial charge < -0.3 is 10.1 Å². The number of sulfone groups is 1. The zero-order valence-electron chi connectivity index (χ0n) is 14.4. The average Bonchev–Trinajstić information content (AvgIpc) is 2.61. The number of rotatable bonds is 7. The van der Waals surface area contributed by atoms with Crippen molar-refractivity contribution in [3.05, 3.63) is 58.9 Å². The maximum atomic E-state index is 13.7. The summed E-state index contributed by atoms with van der Waals surface area (Å²) in [5, 5.41) is 2.67. The Kier molecular flexibility index (Phi) is 6.92. The van der Waals surface area contributed by atoms with Crippen molar-refractivity contribution < 1.29 is 27.1 Å². The van der Waals surface area contributed by atoms with Gasteiger partial charge in [-0.3, -0.25) is 9.59 Å². The van der Waals surface area contributed by atoms with E-state index in [9.17, 15) is 22.4 Å². The van der Waals surface area contributed by atoms with Crippen molar-refractivity contribution in [3.63, 3.8) is 0 Å². The molecule has 0 aromatic heterocycles. The van der Waals surface area contributed by atoms with Crippen molar-refractivity contribution >= 4 is 39.0 Å². The summed E-state index contributed by atoms with van der Waals surface area (Å²) in [6, 6.07) is 9.81. The molecule has 0 unspecified atom stereocenters. The summed E-state index contributed by atoms with van der Waals surface area (Å²) >= 11 is 5.71. The first-order valence-corrected chi connectivity index (χ1v) is 9.90. The third-order valence-corrected chi connectivity index (χ3v) is 5.49. The van der Waals surface area contributed by atoms with Gasteiger partial charge in [-0.25, -0.2) is 12.8 Å². The molecule has 0 heterocycles. The van der Waals surface area contributed by atoms with Crippen molar-refractivity contribution in [1.82, 2.24) is 0 Å². The minimum Gasteiger partial charge on any atom is -0.456 e. The Hall–Kier alpha value is -2.45. The van der Waals surface area contributed by atoms with Crippen molar-refractivity contribution in [2.24, 2.45) is 0 Å². The van der Waals surface area contributed by atoms with Crippen LogP contribution in [0.1, 0.15) is 12.0 Å². The van der Waals surface area contributed by atoms with Crippen LogP contribution in [0.4, 0.5) is 10.1 Å². The number of carbonyl (C=O) groups excluding carboxylic acids is 2. The highest BCUT2D eigenvalue weighted by Crippen LogP contribution is 2.17. The van der Waals surface area contributed by atoms with E-state index in [0.717, 1.165) is 0 Å². The molecule has 0 aliphatic rings. The number of aryl methyl sites for hydroxylation is 1. The Morgan fingerprint density at radius 1 is 1.15 bits per heavy atom. The molecule has 144 valence electrons. The quantitative estimate of drug-likeness (QED) is 0.704. The van der Waals surface area contributed by atoms with Crippen LogP contribution in [-0.4, -0.2) is 32.7 Å². The fraction of sp³-hybridized carbons (Fsp3) is 0.222. The van der Waals surface area contributed by atoms with Crippen molar-refractivity contribution in [1.29, 1.82) is 0 Å². The Bertz CT molecular complexity index is 945. The molecule has 27 heavy (non-hydrogen) atoms. The van der Waals surface area contributed by atoms with Crippen LogP contribution in [0.25, 0.3) is 0 Å². The van der Waals surface area contributed by atoms with E-state index in [1.807, 2.05) is 0 Å². The average molecular weight is 414 g/mol. The number of halogens is 2. The monoisotopic (exact) mass is 413 g/mol. The number of nitrogens with one attached hydrogen (secondary N) is 1. The van der Waals surface area contributed by atoms with Gasteiger partial charge in [-0.1, -0.05) is 17.7 Å². The highest BCUT2D eigenvalue weighted by molar-refractivity contribution is 7.91. The number of hydrogen-bond acceptors (Lipinski definition) is 5. The topological polar surface area (TPSA) is 89.5 Å². The van der Waals surface area contributed by atoms with Gasteiger partial charge >= 0.3 is 5.97 Å². The molecule has 6 nitrogen and oxygen atoms in total. The number of hydrogen-bond donors (Lipinski definition) is 1.